The van der Waals surface area contributed by atoms with Crippen LogP contribution in [0.5, 0.6) is 28.7 Å². The Morgan fingerprint density at radius 2 is 1.59 bits per heavy atom. The number of carbonyl (C=O) groups is 2. The Balaban J connectivity index is 1.53. The molecule has 6 rings (SSSR count). The number of fused-ring (bicyclic) bond motifs is 3. The van der Waals surface area contributed by atoms with E-state index in [0.29, 0.717) is 34.3 Å². The van der Waals surface area contributed by atoms with Gasteiger partial charge in [0.05, 0.1) is 45.5 Å². The predicted molar refractivity (Wildman–Crippen MR) is 148 cm³/mol. The summed E-state index contributed by atoms with van der Waals surface area (Å²) in [5.74, 6) is 0.728. The number of nitrogens with one attached hydrogen (secondary N) is 1. The van der Waals surface area contributed by atoms with Gasteiger partial charge in [-0.2, -0.15) is 0 Å². The summed E-state index contributed by atoms with van der Waals surface area (Å²) in [7, 11) is 4.65. The zero-order valence-electron chi connectivity index (χ0n) is 21.5. The van der Waals surface area contributed by atoms with E-state index >= 15 is 0 Å². The molecule has 202 valence electrons. The molecule has 0 spiro atoms. The molecule has 0 saturated carbocycles. The van der Waals surface area contributed by atoms with Crippen LogP contribution in [0.25, 0.3) is 0 Å². The van der Waals surface area contributed by atoms with Gasteiger partial charge in [0.25, 0.3) is 5.91 Å². The largest absolute Gasteiger partial charge is 0.493 e. The molecule has 3 aliphatic rings. The summed E-state index contributed by atoms with van der Waals surface area (Å²) in [5, 5.41) is 3.21. The quantitative estimate of drug-likeness (QED) is 0.311. The van der Waals surface area contributed by atoms with E-state index in [2.05, 4.69) is 27.9 Å². The lowest BCUT2D eigenvalue weighted by Crippen LogP contribution is -2.43. The van der Waals surface area contributed by atoms with Gasteiger partial charge in [-0.15, -0.1) is 0 Å². The summed E-state index contributed by atoms with van der Waals surface area (Å²) >= 11 is 2.15. The Hall–Kier alpha value is -3.67. The molecule has 2 heterocycles. The minimum absolute atomic E-state index is 0.0984. The lowest BCUT2D eigenvalue weighted by molar-refractivity contribution is -0.141. The molecule has 3 aromatic carbocycles. The maximum Gasteiger partial charge on any atom is 0.310 e. The summed E-state index contributed by atoms with van der Waals surface area (Å²) in [6, 6.07) is 14.4. The monoisotopic (exact) mass is 643 g/mol. The van der Waals surface area contributed by atoms with E-state index in [0.717, 1.165) is 20.3 Å². The minimum atomic E-state index is -0.569. The topological polar surface area (TPSA) is 102 Å². The zero-order chi connectivity index (χ0) is 27.3. The van der Waals surface area contributed by atoms with E-state index in [1.54, 1.807) is 27.4 Å². The van der Waals surface area contributed by atoms with Gasteiger partial charge in [-0.05, 0) is 75.7 Å². The van der Waals surface area contributed by atoms with Crippen molar-refractivity contribution in [1.82, 2.24) is 5.32 Å². The summed E-state index contributed by atoms with van der Waals surface area (Å²) in [4.78, 5) is 26.8. The van der Waals surface area contributed by atoms with Gasteiger partial charge in [0.2, 0.25) is 12.5 Å². The molecular weight excluding hydrogens is 617 g/mol. The van der Waals surface area contributed by atoms with Crippen molar-refractivity contribution >= 4 is 34.5 Å². The van der Waals surface area contributed by atoms with E-state index in [1.165, 1.54) is 0 Å². The third-order valence-electron chi connectivity index (χ3n) is 7.64. The van der Waals surface area contributed by atoms with Gasteiger partial charge in [-0.1, -0.05) is 12.1 Å². The van der Waals surface area contributed by atoms with E-state index in [1.807, 2.05) is 42.5 Å². The molecule has 0 bridgehead atoms. The molecule has 9 nitrogen and oxygen atoms in total. The van der Waals surface area contributed by atoms with Crippen molar-refractivity contribution in [2.75, 3.05) is 34.7 Å². The Labute approximate surface area is 238 Å². The number of halogens is 1. The third kappa shape index (κ3) is 4.21. The molecule has 3 aromatic rings. The number of amides is 1. The maximum atomic E-state index is 13.5. The third-order valence-corrected chi connectivity index (χ3v) is 8.58. The number of rotatable bonds is 6. The van der Waals surface area contributed by atoms with Crippen LogP contribution in [0.15, 0.2) is 48.5 Å². The second-order valence-corrected chi connectivity index (χ2v) is 10.7. The second kappa shape index (κ2) is 10.1. The maximum absolute atomic E-state index is 13.5. The highest BCUT2D eigenvalue weighted by molar-refractivity contribution is 14.1. The Morgan fingerprint density at radius 1 is 0.923 bits per heavy atom. The van der Waals surface area contributed by atoms with Crippen LogP contribution in [-0.2, 0) is 9.53 Å². The summed E-state index contributed by atoms with van der Waals surface area (Å²) < 4.78 is 34.7. The molecule has 10 heteroatoms. The highest BCUT2D eigenvalue weighted by atomic mass is 127. The van der Waals surface area contributed by atoms with Crippen molar-refractivity contribution < 1.29 is 38.0 Å². The van der Waals surface area contributed by atoms with Crippen LogP contribution in [0, 0.1) is 15.4 Å². The Morgan fingerprint density at radius 3 is 2.23 bits per heavy atom. The van der Waals surface area contributed by atoms with Crippen molar-refractivity contribution in [1.29, 1.82) is 0 Å². The molecule has 1 unspecified atom stereocenters. The van der Waals surface area contributed by atoms with Gasteiger partial charge in [-0.3, -0.25) is 9.59 Å². The molecule has 1 aliphatic carbocycles. The van der Waals surface area contributed by atoms with E-state index in [9.17, 15) is 9.59 Å². The molecule has 4 atom stereocenters. The molecule has 39 heavy (non-hydrogen) atoms. The average molecular weight is 643 g/mol. The van der Waals surface area contributed by atoms with Crippen LogP contribution in [0.3, 0.4) is 0 Å². The number of esters is 1. The van der Waals surface area contributed by atoms with Crippen LogP contribution in [0.1, 0.15) is 39.0 Å². The number of cyclic esters (lactones) is 1. The van der Waals surface area contributed by atoms with Crippen molar-refractivity contribution in [3.05, 3.63) is 74.4 Å². The fraction of sp³-hybridized carbons (Fsp3) is 0.310. The van der Waals surface area contributed by atoms with Crippen LogP contribution < -0.4 is 29.0 Å². The first-order valence-electron chi connectivity index (χ1n) is 12.4. The molecule has 0 aromatic heterocycles. The van der Waals surface area contributed by atoms with Crippen LogP contribution >= 0.6 is 22.6 Å². The SMILES string of the molecule is COc1cc([C@@H]2c3cc4c(cc3[C@@H](NC(=O)c3ccccc3I)[C@H]3COC(=O)C23)OCO4)cc(OC)c1OC. The first-order valence-corrected chi connectivity index (χ1v) is 13.5. The van der Waals surface area contributed by atoms with Gasteiger partial charge in [0.15, 0.2) is 23.0 Å². The van der Waals surface area contributed by atoms with Gasteiger partial charge in [-0.25, -0.2) is 0 Å². The summed E-state index contributed by atoms with van der Waals surface area (Å²) in [5.41, 5.74) is 3.04. The van der Waals surface area contributed by atoms with E-state index in [4.69, 9.17) is 28.4 Å². The summed E-state index contributed by atoms with van der Waals surface area (Å²) in [6.07, 6.45) is 0. The van der Waals surface area contributed by atoms with Gasteiger partial charge >= 0.3 is 5.97 Å². The van der Waals surface area contributed by atoms with Gasteiger partial charge in [0.1, 0.15) is 0 Å². The second-order valence-electron chi connectivity index (χ2n) is 9.52. The van der Waals surface area contributed by atoms with Crippen molar-refractivity contribution in [2.45, 2.75) is 12.0 Å². The molecule has 1 fully saturated rings. The van der Waals surface area contributed by atoms with E-state index < -0.39 is 17.9 Å². The minimum Gasteiger partial charge on any atom is -0.493 e. The molecule has 0 radical (unpaired) electrons. The highest BCUT2D eigenvalue weighted by Gasteiger charge is 2.53. The fourth-order valence-corrected chi connectivity index (χ4v) is 6.53. The Kier molecular flexibility index (Phi) is 6.66. The van der Waals surface area contributed by atoms with Crippen LogP contribution in [0.2, 0.25) is 0 Å². The molecule has 1 N–H and O–H groups in total. The smallest absolute Gasteiger partial charge is 0.310 e. The number of hydrogen-bond donors (Lipinski definition) is 1. The Bertz CT molecular complexity index is 1450. The fourth-order valence-electron chi connectivity index (χ4n) is 5.89. The van der Waals surface area contributed by atoms with Crippen LogP contribution in [0.4, 0.5) is 0 Å². The average Bonchev–Trinajstić information content (AvgIpc) is 3.57. The summed E-state index contributed by atoms with van der Waals surface area (Å²) in [6.45, 7) is 0.274. The van der Waals surface area contributed by atoms with Crippen LogP contribution in [-0.4, -0.2) is 46.6 Å². The first-order chi connectivity index (χ1) is 18.9. The molecule has 2 aliphatic heterocycles. The number of methoxy groups -OCH3 is 3. The zero-order valence-corrected chi connectivity index (χ0v) is 23.6. The molecular formula is C29H26INO8. The molecule has 1 saturated heterocycles. The highest BCUT2D eigenvalue weighted by Crippen LogP contribution is 2.55. The predicted octanol–water partition coefficient (Wildman–Crippen LogP) is 4.45. The number of ether oxygens (including phenoxy) is 6. The number of benzene rings is 3. The first kappa shape index (κ1) is 25.6. The number of carbonyl (C=O) groups excluding carboxylic acids is 2. The normalized spacial score (nSPS) is 22.4. The van der Waals surface area contributed by atoms with Crippen molar-refractivity contribution in [3.63, 3.8) is 0 Å². The van der Waals surface area contributed by atoms with E-state index in [-0.39, 0.29) is 31.2 Å². The number of hydrogen-bond acceptors (Lipinski definition) is 8. The van der Waals surface area contributed by atoms with Crippen molar-refractivity contribution in [2.24, 2.45) is 11.8 Å². The molecule has 1 amide bonds. The van der Waals surface area contributed by atoms with Gasteiger partial charge < -0.3 is 33.7 Å². The lowest BCUT2D eigenvalue weighted by Gasteiger charge is -2.39. The van der Waals surface area contributed by atoms with Crippen molar-refractivity contribution in [3.8, 4) is 28.7 Å². The lowest BCUT2D eigenvalue weighted by atomic mass is 9.65. The standard InChI is InChI=1S/C29H26INO8/c1-34-22-8-14(9-23(35-2)27(22)36-3)24-16-10-20-21(39-13-38-20)11-17(16)26(18-12-37-29(33)25(18)24)31-28(32)15-6-4-5-7-19(15)30/h4-11,18,24-26H,12-13H2,1-3H3,(H,31,32)/t18-,24+,25?,26+/m0/s1. The van der Waals surface area contributed by atoms with Gasteiger partial charge in [0, 0.05) is 15.4 Å².